The van der Waals surface area contributed by atoms with Gasteiger partial charge in [0.2, 0.25) is 0 Å². The molecule has 0 aliphatic carbocycles. The summed E-state index contributed by atoms with van der Waals surface area (Å²) in [5, 5.41) is 1.69. The van der Waals surface area contributed by atoms with Crippen LogP contribution in [-0.4, -0.2) is 31.7 Å². The summed E-state index contributed by atoms with van der Waals surface area (Å²) >= 11 is 0. The monoisotopic (exact) mass is 322 g/mol. The number of hydrogen-bond acceptors (Lipinski definition) is 3. The van der Waals surface area contributed by atoms with Crippen molar-refractivity contribution in [2.24, 2.45) is 0 Å². The van der Waals surface area contributed by atoms with Gasteiger partial charge in [-0.1, -0.05) is 42.5 Å². The van der Waals surface area contributed by atoms with Gasteiger partial charge in [0, 0.05) is 32.4 Å². The first kappa shape index (κ1) is 16.6. The number of hydrogen-bond donors (Lipinski definition) is 0. The first-order valence-electron chi connectivity index (χ1n) is 8.60. The Labute approximate surface area is 145 Å². The molecule has 0 spiro atoms. The molecule has 2 aromatic rings. The van der Waals surface area contributed by atoms with Crippen molar-refractivity contribution in [3.8, 4) is 5.75 Å². The summed E-state index contributed by atoms with van der Waals surface area (Å²) in [6.07, 6.45) is 6.67. The molecule has 3 heteroatoms. The zero-order chi connectivity index (χ0) is 16.9. The number of nitrogens with zero attached hydrogens (tertiary/aromatic N) is 2. The highest BCUT2D eigenvalue weighted by atomic mass is 16.7. The van der Waals surface area contributed by atoms with Crippen molar-refractivity contribution in [1.82, 2.24) is 5.06 Å². The normalized spacial score (nSPS) is 15.1. The second-order valence-electron chi connectivity index (χ2n) is 6.53. The van der Waals surface area contributed by atoms with Gasteiger partial charge in [-0.2, -0.15) is 5.06 Å². The van der Waals surface area contributed by atoms with E-state index in [2.05, 4.69) is 60.4 Å². The minimum atomic E-state index is 0.515. The van der Waals surface area contributed by atoms with Gasteiger partial charge in [-0.25, -0.2) is 0 Å². The third-order valence-corrected chi connectivity index (χ3v) is 4.41. The third kappa shape index (κ3) is 3.98. The summed E-state index contributed by atoms with van der Waals surface area (Å²) in [7, 11) is 3.76. The van der Waals surface area contributed by atoms with Gasteiger partial charge < -0.3 is 9.74 Å². The quantitative estimate of drug-likeness (QED) is 0.733. The lowest BCUT2D eigenvalue weighted by molar-refractivity contribution is -0.00325. The van der Waals surface area contributed by atoms with E-state index in [9.17, 15) is 0 Å². The molecule has 0 aromatic heterocycles. The topological polar surface area (TPSA) is 15.7 Å². The van der Waals surface area contributed by atoms with Crippen molar-refractivity contribution < 1.29 is 4.84 Å². The molecule has 126 valence electrons. The molecule has 3 nitrogen and oxygen atoms in total. The standard InChI is InChI=1S/C21H26N2O/c1-17(23-16-15-19-9-4-5-10-21(19)23)7-6-8-18-11-13-20(14-12-18)24-22(2)3/h4-6,8-14,17H,7,15-16H2,1-3H3/b8-6-. The lowest BCUT2D eigenvalue weighted by Crippen LogP contribution is -2.30. The molecule has 0 saturated carbocycles. The van der Waals surface area contributed by atoms with Crippen molar-refractivity contribution in [2.75, 3.05) is 25.5 Å². The second kappa shape index (κ2) is 7.54. The second-order valence-corrected chi connectivity index (χ2v) is 6.53. The maximum Gasteiger partial charge on any atom is 0.147 e. The van der Waals surface area contributed by atoms with Crippen LogP contribution in [0.5, 0.6) is 5.75 Å². The van der Waals surface area contributed by atoms with E-state index >= 15 is 0 Å². The molecule has 24 heavy (non-hydrogen) atoms. The van der Waals surface area contributed by atoms with E-state index in [0.29, 0.717) is 6.04 Å². The van der Waals surface area contributed by atoms with E-state index in [4.69, 9.17) is 4.84 Å². The lowest BCUT2D eigenvalue weighted by Gasteiger charge is -2.26. The molecule has 0 radical (unpaired) electrons. The fourth-order valence-electron chi connectivity index (χ4n) is 3.20. The van der Waals surface area contributed by atoms with Gasteiger partial charge in [0.25, 0.3) is 0 Å². The minimum absolute atomic E-state index is 0.515. The summed E-state index contributed by atoms with van der Waals surface area (Å²) in [6.45, 7) is 3.44. The predicted octanol–water partition coefficient (Wildman–Crippen LogP) is 4.40. The number of fused-ring (bicyclic) bond motifs is 1. The summed E-state index contributed by atoms with van der Waals surface area (Å²) in [6, 6.07) is 17.5. The number of para-hydroxylation sites is 1. The average molecular weight is 322 g/mol. The van der Waals surface area contributed by atoms with E-state index in [-0.39, 0.29) is 0 Å². The van der Waals surface area contributed by atoms with Crippen LogP contribution >= 0.6 is 0 Å². The van der Waals surface area contributed by atoms with Crippen LogP contribution in [0, 0.1) is 0 Å². The molecule has 3 rings (SSSR count). The molecule has 1 heterocycles. The highest BCUT2D eigenvalue weighted by molar-refractivity contribution is 5.59. The Morgan fingerprint density at radius 3 is 2.62 bits per heavy atom. The first-order valence-corrected chi connectivity index (χ1v) is 8.60. The van der Waals surface area contributed by atoms with Crippen molar-refractivity contribution in [2.45, 2.75) is 25.8 Å². The molecular formula is C21H26N2O. The zero-order valence-corrected chi connectivity index (χ0v) is 14.8. The summed E-state index contributed by atoms with van der Waals surface area (Å²) < 4.78 is 0. The van der Waals surface area contributed by atoms with E-state index in [1.807, 2.05) is 26.2 Å². The van der Waals surface area contributed by atoms with Gasteiger partial charge in [0.1, 0.15) is 5.75 Å². The Hall–Kier alpha value is -2.26. The van der Waals surface area contributed by atoms with Crippen LogP contribution in [0.2, 0.25) is 0 Å². The van der Waals surface area contributed by atoms with Crippen molar-refractivity contribution in [3.63, 3.8) is 0 Å². The van der Waals surface area contributed by atoms with Gasteiger partial charge >= 0.3 is 0 Å². The molecular weight excluding hydrogens is 296 g/mol. The van der Waals surface area contributed by atoms with Crippen LogP contribution in [0.3, 0.4) is 0 Å². The van der Waals surface area contributed by atoms with Crippen LogP contribution in [0.4, 0.5) is 5.69 Å². The van der Waals surface area contributed by atoms with Crippen LogP contribution in [0.15, 0.2) is 54.6 Å². The van der Waals surface area contributed by atoms with Crippen LogP contribution in [0.1, 0.15) is 24.5 Å². The lowest BCUT2D eigenvalue weighted by atomic mass is 10.1. The molecule has 1 aliphatic heterocycles. The molecule has 0 saturated heterocycles. The van der Waals surface area contributed by atoms with E-state index < -0.39 is 0 Å². The van der Waals surface area contributed by atoms with Crippen LogP contribution in [-0.2, 0) is 6.42 Å². The Morgan fingerprint density at radius 1 is 1.12 bits per heavy atom. The molecule has 1 unspecified atom stereocenters. The van der Waals surface area contributed by atoms with E-state index in [1.54, 1.807) is 5.06 Å². The highest BCUT2D eigenvalue weighted by Crippen LogP contribution is 2.30. The largest absolute Gasteiger partial charge is 0.407 e. The van der Waals surface area contributed by atoms with Gasteiger partial charge in [0.05, 0.1) is 0 Å². The fourth-order valence-corrected chi connectivity index (χ4v) is 3.20. The number of hydroxylamine groups is 2. The molecule has 0 bridgehead atoms. The molecule has 0 fully saturated rings. The summed E-state index contributed by atoms with van der Waals surface area (Å²) in [4.78, 5) is 8.04. The maximum absolute atomic E-state index is 5.52. The van der Waals surface area contributed by atoms with Gasteiger partial charge in [-0.05, 0) is 49.1 Å². The SMILES string of the molecule is CC(C/C=C\c1ccc(ON(C)C)cc1)N1CCc2ccccc21. The van der Waals surface area contributed by atoms with Crippen molar-refractivity contribution >= 4 is 11.8 Å². The van der Waals surface area contributed by atoms with Gasteiger partial charge in [0.15, 0.2) is 0 Å². The van der Waals surface area contributed by atoms with Crippen LogP contribution in [0.25, 0.3) is 6.08 Å². The van der Waals surface area contributed by atoms with Crippen molar-refractivity contribution in [3.05, 3.63) is 65.7 Å². The molecule has 1 aliphatic rings. The highest BCUT2D eigenvalue weighted by Gasteiger charge is 2.21. The first-order chi connectivity index (χ1) is 11.6. The maximum atomic E-state index is 5.52. The number of benzene rings is 2. The Kier molecular flexibility index (Phi) is 5.21. The molecule has 1 atom stereocenters. The smallest absolute Gasteiger partial charge is 0.147 e. The summed E-state index contributed by atoms with van der Waals surface area (Å²) in [5.41, 5.74) is 4.09. The molecule has 2 aromatic carbocycles. The molecule has 0 amide bonds. The Morgan fingerprint density at radius 2 is 1.88 bits per heavy atom. The van der Waals surface area contributed by atoms with E-state index in [0.717, 1.165) is 25.1 Å². The van der Waals surface area contributed by atoms with E-state index in [1.165, 1.54) is 16.8 Å². The minimum Gasteiger partial charge on any atom is -0.407 e. The third-order valence-electron chi connectivity index (χ3n) is 4.41. The predicted molar refractivity (Wildman–Crippen MR) is 101 cm³/mol. The fraction of sp³-hybridized carbons (Fsp3) is 0.333. The number of anilines is 1. The van der Waals surface area contributed by atoms with Crippen molar-refractivity contribution in [1.29, 1.82) is 0 Å². The van der Waals surface area contributed by atoms with Gasteiger partial charge in [-0.15, -0.1) is 0 Å². The van der Waals surface area contributed by atoms with Gasteiger partial charge in [-0.3, -0.25) is 0 Å². The summed E-state index contributed by atoms with van der Waals surface area (Å²) in [5.74, 6) is 0.860. The average Bonchev–Trinajstić information content (AvgIpc) is 3.00. The number of rotatable bonds is 6. The van der Waals surface area contributed by atoms with Crippen LogP contribution < -0.4 is 9.74 Å². The Bertz CT molecular complexity index is 691. The Balaban J connectivity index is 1.56. The zero-order valence-electron chi connectivity index (χ0n) is 14.8. The molecule has 0 N–H and O–H groups in total.